The minimum Gasteiger partial charge on any atom is -0.506 e. The number of aliphatic hydroxyl groups is 1. The number of pyridine rings is 1. The Balaban J connectivity index is 0.000000921. The Hall–Kier alpha value is -1.83. The van der Waals surface area contributed by atoms with E-state index < -0.39 is 0 Å². The average molecular weight is 203 g/mol. The summed E-state index contributed by atoms with van der Waals surface area (Å²) in [6, 6.07) is 1.80. The molecule has 1 N–H and O–H groups in total. The standard InChI is InChI=1S/C11H11NO.C2H6/c1-4-9-6-7-12-11(8(3)13)10(9)5-2;1-2/h4-7,13H,1-3H2;1-2H3. The van der Waals surface area contributed by atoms with Crippen molar-refractivity contribution in [1.82, 2.24) is 4.98 Å². The molecule has 0 radical (unpaired) electrons. The molecule has 0 spiro atoms. The first-order valence-electron chi connectivity index (χ1n) is 4.82. The number of hydrogen-bond donors (Lipinski definition) is 1. The average Bonchev–Trinajstić information content (AvgIpc) is 2.30. The number of aromatic nitrogens is 1. The van der Waals surface area contributed by atoms with Crippen LogP contribution in [0, 0.1) is 0 Å². The van der Waals surface area contributed by atoms with E-state index in [2.05, 4.69) is 24.7 Å². The molecule has 2 nitrogen and oxygen atoms in total. The lowest BCUT2D eigenvalue weighted by atomic mass is 10.1. The minimum atomic E-state index is -0.0569. The highest BCUT2D eigenvalue weighted by molar-refractivity contribution is 5.72. The topological polar surface area (TPSA) is 33.1 Å². The molecular formula is C13H17NO. The van der Waals surface area contributed by atoms with Crippen LogP contribution >= 0.6 is 0 Å². The quantitative estimate of drug-likeness (QED) is 0.755. The van der Waals surface area contributed by atoms with E-state index in [0.717, 1.165) is 11.1 Å². The fraction of sp³-hybridized carbons (Fsp3) is 0.154. The van der Waals surface area contributed by atoms with Crippen molar-refractivity contribution in [2.45, 2.75) is 13.8 Å². The summed E-state index contributed by atoms with van der Waals surface area (Å²) in [4.78, 5) is 3.99. The molecule has 0 atom stereocenters. The van der Waals surface area contributed by atoms with E-state index in [-0.39, 0.29) is 5.76 Å². The molecular weight excluding hydrogens is 186 g/mol. The van der Waals surface area contributed by atoms with E-state index in [1.54, 1.807) is 24.4 Å². The predicted molar refractivity (Wildman–Crippen MR) is 67.4 cm³/mol. The SMILES string of the molecule is C=Cc1ccnc(C(=C)O)c1C=C.CC. The molecule has 2 heteroatoms. The van der Waals surface area contributed by atoms with Crippen LogP contribution in [0.4, 0.5) is 0 Å². The van der Waals surface area contributed by atoms with Gasteiger partial charge in [0.1, 0.15) is 11.5 Å². The molecule has 1 aromatic rings. The molecule has 0 aromatic carbocycles. The lowest BCUT2D eigenvalue weighted by Crippen LogP contribution is -1.94. The first-order chi connectivity index (χ1) is 7.20. The Labute approximate surface area is 91.3 Å². The van der Waals surface area contributed by atoms with E-state index >= 15 is 0 Å². The Morgan fingerprint density at radius 2 is 1.93 bits per heavy atom. The normalized spacial score (nSPS) is 8.40. The van der Waals surface area contributed by atoms with E-state index in [0.29, 0.717) is 5.69 Å². The molecule has 0 bridgehead atoms. The largest absolute Gasteiger partial charge is 0.506 e. The van der Waals surface area contributed by atoms with Gasteiger partial charge < -0.3 is 5.11 Å². The van der Waals surface area contributed by atoms with Gasteiger partial charge in [0.2, 0.25) is 0 Å². The van der Waals surface area contributed by atoms with Gasteiger partial charge in [-0.15, -0.1) is 0 Å². The summed E-state index contributed by atoms with van der Waals surface area (Å²) >= 11 is 0. The van der Waals surface area contributed by atoms with Crippen molar-refractivity contribution in [2.24, 2.45) is 0 Å². The Bertz CT molecular complexity index is 367. The molecule has 0 amide bonds. The summed E-state index contributed by atoms with van der Waals surface area (Å²) in [6.07, 6.45) is 4.91. The number of hydrogen-bond acceptors (Lipinski definition) is 2. The zero-order chi connectivity index (χ0) is 11.8. The molecule has 80 valence electrons. The Morgan fingerprint density at radius 3 is 2.33 bits per heavy atom. The monoisotopic (exact) mass is 203 g/mol. The molecule has 1 aromatic heterocycles. The summed E-state index contributed by atoms with van der Waals surface area (Å²) in [5.41, 5.74) is 2.09. The highest BCUT2D eigenvalue weighted by atomic mass is 16.3. The fourth-order valence-electron chi connectivity index (χ4n) is 1.11. The van der Waals surface area contributed by atoms with Crippen LogP contribution in [0.2, 0.25) is 0 Å². The lowest BCUT2D eigenvalue weighted by Gasteiger charge is -2.05. The zero-order valence-corrected chi connectivity index (χ0v) is 9.33. The van der Waals surface area contributed by atoms with Gasteiger partial charge in [-0.1, -0.05) is 45.7 Å². The Kier molecular flexibility index (Phi) is 5.79. The van der Waals surface area contributed by atoms with E-state index in [4.69, 9.17) is 0 Å². The summed E-state index contributed by atoms with van der Waals surface area (Å²) in [5, 5.41) is 9.22. The molecule has 0 saturated carbocycles. The van der Waals surface area contributed by atoms with Crippen molar-refractivity contribution in [3.05, 3.63) is 48.8 Å². The number of aliphatic hydroxyl groups excluding tert-OH is 1. The highest BCUT2D eigenvalue weighted by Crippen LogP contribution is 2.19. The van der Waals surface area contributed by atoms with Crippen LogP contribution in [0.15, 0.2) is 32.0 Å². The zero-order valence-electron chi connectivity index (χ0n) is 9.33. The van der Waals surface area contributed by atoms with Gasteiger partial charge in [0.05, 0.1) is 0 Å². The molecule has 0 aliphatic rings. The summed E-state index contributed by atoms with van der Waals surface area (Å²) in [5.74, 6) is -0.0569. The second-order valence-corrected chi connectivity index (χ2v) is 2.52. The lowest BCUT2D eigenvalue weighted by molar-refractivity contribution is 0.510. The molecule has 1 rings (SSSR count). The van der Waals surface area contributed by atoms with Gasteiger partial charge in [0, 0.05) is 11.8 Å². The maximum Gasteiger partial charge on any atom is 0.134 e. The van der Waals surface area contributed by atoms with Gasteiger partial charge in [-0.05, 0) is 11.6 Å². The Morgan fingerprint density at radius 1 is 1.33 bits per heavy atom. The third-order valence-corrected chi connectivity index (χ3v) is 1.72. The first-order valence-corrected chi connectivity index (χ1v) is 4.82. The van der Waals surface area contributed by atoms with Crippen LogP contribution in [0.5, 0.6) is 0 Å². The van der Waals surface area contributed by atoms with Gasteiger partial charge in [0.25, 0.3) is 0 Å². The van der Waals surface area contributed by atoms with Gasteiger partial charge in [-0.2, -0.15) is 0 Å². The van der Waals surface area contributed by atoms with E-state index in [1.165, 1.54) is 0 Å². The molecule has 0 aliphatic heterocycles. The first kappa shape index (κ1) is 13.2. The smallest absolute Gasteiger partial charge is 0.134 e. The fourth-order valence-corrected chi connectivity index (χ4v) is 1.11. The second-order valence-electron chi connectivity index (χ2n) is 2.52. The molecule has 1 heterocycles. The second kappa shape index (κ2) is 6.60. The molecule has 0 fully saturated rings. The summed E-state index contributed by atoms with van der Waals surface area (Å²) in [7, 11) is 0. The van der Waals surface area contributed by atoms with Crippen molar-refractivity contribution in [1.29, 1.82) is 0 Å². The van der Waals surface area contributed by atoms with Crippen LogP contribution in [0.25, 0.3) is 17.9 Å². The molecule has 0 saturated heterocycles. The minimum absolute atomic E-state index is 0.0569. The van der Waals surface area contributed by atoms with Crippen LogP contribution in [-0.4, -0.2) is 10.1 Å². The summed E-state index contributed by atoms with van der Waals surface area (Å²) < 4.78 is 0. The van der Waals surface area contributed by atoms with Crippen LogP contribution in [-0.2, 0) is 0 Å². The summed E-state index contributed by atoms with van der Waals surface area (Å²) in [6.45, 7) is 14.7. The van der Waals surface area contributed by atoms with Gasteiger partial charge in [-0.25, -0.2) is 0 Å². The van der Waals surface area contributed by atoms with Crippen molar-refractivity contribution in [3.63, 3.8) is 0 Å². The van der Waals surface area contributed by atoms with Crippen molar-refractivity contribution in [2.75, 3.05) is 0 Å². The van der Waals surface area contributed by atoms with Gasteiger partial charge >= 0.3 is 0 Å². The van der Waals surface area contributed by atoms with Gasteiger partial charge in [-0.3, -0.25) is 4.98 Å². The maximum atomic E-state index is 9.22. The van der Waals surface area contributed by atoms with Crippen molar-refractivity contribution < 1.29 is 5.11 Å². The van der Waals surface area contributed by atoms with Crippen LogP contribution in [0.3, 0.4) is 0 Å². The maximum absolute atomic E-state index is 9.22. The van der Waals surface area contributed by atoms with Crippen LogP contribution < -0.4 is 0 Å². The third kappa shape index (κ3) is 3.09. The van der Waals surface area contributed by atoms with Gasteiger partial charge in [0.15, 0.2) is 0 Å². The molecule has 0 aliphatic carbocycles. The third-order valence-electron chi connectivity index (χ3n) is 1.72. The molecule has 0 unspecified atom stereocenters. The van der Waals surface area contributed by atoms with E-state index in [9.17, 15) is 5.11 Å². The number of rotatable bonds is 3. The molecule has 15 heavy (non-hydrogen) atoms. The van der Waals surface area contributed by atoms with Crippen LogP contribution in [0.1, 0.15) is 30.7 Å². The van der Waals surface area contributed by atoms with Crippen molar-refractivity contribution >= 4 is 17.9 Å². The highest BCUT2D eigenvalue weighted by Gasteiger charge is 2.06. The predicted octanol–water partition coefficient (Wildman–Crippen LogP) is 3.92. The van der Waals surface area contributed by atoms with Crippen molar-refractivity contribution in [3.8, 4) is 0 Å². The van der Waals surface area contributed by atoms with E-state index in [1.807, 2.05) is 13.8 Å². The number of nitrogens with zero attached hydrogens (tertiary/aromatic N) is 1.